The number of aryl methyl sites for hydroxylation is 1. The van der Waals surface area contributed by atoms with Crippen molar-refractivity contribution in [2.45, 2.75) is 44.9 Å². The maximum atomic E-state index is 2.41. The van der Waals surface area contributed by atoms with Gasteiger partial charge in [-0.1, -0.05) is 93.8 Å². The molecule has 0 aliphatic rings. The van der Waals surface area contributed by atoms with Crippen molar-refractivity contribution < 1.29 is 58.9 Å². The van der Waals surface area contributed by atoms with Crippen molar-refractivity contribution in [3.8, 4) is 0 Å². The second kappa shape index (κ2) is 14.4. The van der Waals surface area contributed by atoms with Crippen LogP contribution in [0.1, 0.15) is 55.4 Å². The number of halogens is 3. The maximum absolute atomic E-state index is 2.41. The molecule has 0 fully saturated rings. The van der Waals surface area contributed by atoms with E-state index in [1.165, 1.54) is 35.1 Å². The number of rotatable bonds is 7. The van der Waals surface area contributed by atoms with Crippen molar-refractivity contribution >= 4 is 0 Å². The summed E-state index contributed by atoms with van der Waals surface area (Å²) in [5.74, 6) is 0. The Labute approximate surface area is 204 Å². The van der Waals surface area contributed by atoms with E-state index >= 15 is 0 Å². The van der Waals surface area contributed by atoms with Gasteiger partial charge in [-0.05, 0) is 17.5 Å². The minimum Gasteiger partial charge on any atom is -1.00 e. The van der Waals surface area contributed by atoms with Crippen molar-refractivity contribution in [2.75, 3.05) is 0 Å². The molecule has 0 N–H and O–H groups in total. The van der Waals surface area contributed by atoms with Crippen LogP contribution in [0.3, 0.4) is 0 Å². The summed E-state index contributed by atoms with van der Waals surface area (Å²) in [6.07, 6.45) is 4.66. The topological polar surface area (TPSA) is 0 Å². The molecule has 148 valence electrons. The molecule has 0 amide bonds. The summed E-state index contributed by atoms with van der Waals surface area (Å²) in [5.41, 5.74) is 5.62. The van der Waals surface area contributed by atoms with E-state index in [0.717, 1.165) is 12.8 Å². The van der Waals surface area contributed by atoms with E-state index in [-0.39, 0.29) is 64.4 Å². The van der Waals surface area contributed by atoms with Gasteiger partial charge in [0, 0.05) is 5.41 Å². The van der Waals surface area contributed by atoms with Crippen LogP contribution in [0.2, 0.25) is 0 Å². The van der Waals surface area contributed by atoms with Gasteiger partial charge in [0.15, 0.2) is 0 Å². The first-order valence-electron chi connectivity index (χ1n) is 9.18. The van der Waals surface area contributed by atoms with E-state index < -0.39 is 0 Å². The molecule has 0 bridgehead atoms. The Hall–Kier alpha value is -0.626. The van der Waals surface area contributed by atoms with Crippen LogP contribution < -0.4 is 37.2 Å². The van der Waals surface area contributed by atoms with E-state index in [1.54, 1.807) is 0 Å². The third-order valence-electron chi connectivity index (χ3n) is 5.16. The molecule has 0 nitrogen and oxygen atoms in total. The number of unbranched alkanes of at least 4 members (excludes halogenated alkanes) is 1. The van der Waals surface area contributed by atoms with Gasteiger partial charge in [0.1, 0.15) is 0 Å². The number of hydrogen-bond acceptors (Lipinski definition) is 0. The average molecular weight is 470 g/mol. The zero-order valence-electron chi connectivity index (χ0n) is 16.5. The first-order valence-corrected chi connectivity index (χ1v) is 9.18. The molecule has 4 heteroatoms. The summed E-state index contributed by atoms with van der Waals surface area (Å²) in [6.45, 7) is 4.51. The van der Waals surface area contributed by atoms with Crippen molar-refractivity contribution in [1.29, 1.82) is 0 Å². The van der Waals surface area contributed by atoms with E-state index in [2.05, 4.69) is 92.7 Å². The first-order chi connectivity index (χ1) is 11.8. The van der Waals surface area contributed by atoms with E-state index in [1.807, 2.05) is 0 Å². The number of benzene rings is 2. The predicted molar refractivity (Wildman–Crippen MR) is 104 cm³/mol. The van der Waals surface area contributed by atoms with E-state index in [9.17, 15) is 0 Å². The van der Waals surface area contributed by atoms with Crippen LogP contribution in [0.4, 0.5) is 0 Å². The molecular formula is C24H27Cl3Ti. The summed E-state index contributed by atoms with van der Waals surface area (Å²) >= 11 is 0. The van der Waals surface area contributed by atoms with Crippen LogP contribution in [0.5, 0.6) is 0 Å². The average Bonchev–Trinajstić information content (AvgIpc) is 3.14. The molecule has 0 radical (unpaired) electrons. The molecule has 0 aliphatic carbocycles. The van der Waals surface area contributed by atoms with Crippen LogP contribution in [-0.2, 0) is 33.6 Å². The normalized spacial score (nSPS) is 9.93. The Morgan fingerprint density at radius 3 is 1.64 bits per heavy atom. The minimum absolute atomic E-state index is 0. The Morgan fingerprint density at radius 1 is 0.750 bits per heavy atom. The zero-order chi connectivity index (χ0) is 16.8. The molecule has 0 saturated carbocycles. The third kappa shape index (κ3) is 6.18. The molecule has 28 heavy (non-hydrogen) atoms. The Morgan fingerprint density at radius 2 is 1.25 bits per heavy atom. The Bertz CT molecular complexity index is 714. The summed E-state index contributed by atoms with van der Waals surface area (Å²) in [4.78, 5) is 0. The van der Waals surface area contributed by atoms with Crippen LogP contribution in [0.25, 0.3) is 0 Å². The quantitative estimate of drug-likeness (QED) is 0.265. The smallest absolute Gasteiger partial charge is 1.00 e. The standard InChI is InChI=1S/C24H27.3ClH.Ti/c1-3-5-18-24(21-12-8-6-9-13-21,22-14-10-7-11-15-22)23-17-16-20(4-2)19-23;;;;/h6-17,19H,3-5,18H2,1-2H3;3*1H;/q-1;;;;+4/p-3. The largest absolute Gasteiger partial charge is 4.00 e. The molecule has 0 heterocycles. The second-order valence-corrected chi connectivity index (χ2v) is 6.60. The summed E-state index contributed by atoms with van der Waals surface area (Å²) in [5, 5.41) is 0. The van der Waals surface area contributed by atoms with Gasteiger partial charge >= 0.3 is 21.7 Å². The molecule has 0 unspecified atom stereocenters. The fourth-order valence-corrected chi connectivity index (χ4v) is 3.80. The molecule has 3 aromatic rings. The zero-order valence-corrected chi connectivity index (χ0v) is 20.3. The molecular weight excluding hydrogens is 442 g/mol. The number of hydrogen-bond donors (Lipinski definition) is 0. The molecule has 0 spiro atoms. The second-order valence-electron chi connectivity index (χ2n) is 6.60. The third-order valence-corrected chi connectivity index (χ3v) is 5.16. The van der Waals surface area contributed by atoms with E-state index in [4.69, 9.17) is 0 Å². The van der Waals surface area contributed by atoms with Gasteiger partial charge in [0.25, 0.3) is 0 Å². The van der Waals surface area contributed by atoms with Crippen molar-refractivity contribution in [3.05, 3.63) is 101 Å². The molecule has 0 atom stereocenters. The molecule has 3 aromatic carbocycles. The monoisotopic (exact) mass is 468 g/mol. The van der Waals surface area contributed by atoms with Crippen molar-refractivity contribution in [3.63, 3.8) is 0 Å². The Balaban J connectivity index is 0. The van der Waals surface area contributed by atoms with Crippen LogP contribution in [-0.4, -0.2) is 0 Å². The molecule has 0 aromatic heterocycles. The van der Waals surface area contributed by atoms with Crippen molar-refractivity contribution in [1.82, 2.24) is 0 Å². The fourth-order valence-electron chi connectivity index (χ4n) is 3.80. The molecule has 3 rings (SSSR count). The maximum Gasteiger partial charge on any atom is 4.00 e. The van der Waals surface area contributed by atoms with Gasteiger partial charge in [0.05, 0.1) is 0 Å². The predicted octanol–water partition coefficient (Wildman–Crippen LogP) is -2.50. The van der Waals surface area contributed by atoms with Gasteiger partial charge in [0.2, 0.25) is 0 Å². The summed E-state index contributed by atoms with van der Waals surface area (Å²) < 4.78 is 0. The molecule has 0 saturated heterocycles. The summed E-state index contributed by atoms with van der Waals surface area (Å²) in [6, 6.07) is 29.1. The SMILES string of the molecule is CCCCC(c1ccccc1)(c1ccccc1)[c-]1ccc(CC)c1.[Cl-].[Cl-].[Cl-].[Ti+4]. The van der Waals surface area contributed by atoms with Gasteiger partial charge < -0.3 is 37.2 Å². The van der Waals surface area contributed by atoms with Crippen molar-refractivity contribution in [2.24, 2.45) is 0 Å². The van der Waals surface area contributed by atoms with E-state index in [0.29, 0.717) is 0 Å². The van der Waals surface area contributed by atoms with Gasteiger partial charge in [-0.25, -0.2) is 6.07 Å². The first kappa shape index (κ1) is 29.6. The fraction of sp³-hybridized carbons (Fsp3) is 0.292. The Kier molecular flexibility index (Phi) is 15.2. The van der Waals surface area contributed by atoms with Gasteiger partial charge in [-0.15, -0.1) is 5.56 Å². The molecule has 0 aliphatic heterocycles. The van der Waals surface area contributed by atoms with Gasteiger partial charge in [-0.2, -0.15) is 17.7 Å². The van der Waals surface area contributed by atoms with Crippen LogP contribution in [0, 0.1) is 0 Å². The van der Waals surface area contributed by atoms with Crippen LogP contribution in [0.15, 0.2) is 78.9 Å². The minimum atomic E-state index is -0.0497. The summed E-state index contributed by atoms with van der Waals surface area (Å²) in [7, 11) is 0. The van der Waals surface area contributed by atoms with Gasteiger partial charge in [-0.3, -0.25) is 0 Å². The van der Waals surface area contributed by atoms with Crippen LogP contribution >= 0.6 is 0 Å².